The van der Waals surface area contributed by atoms with Crippen LogP contribution in [0.2, 0.25) is 0 Å². The zero-order valence-corrected chi connectivity index (χ0v) is 5.42. The molecule has 0 radical (unpaired) electrons. The Kier molecular flexibility index (Phi) is 4.59. The maximum absolute atomic E-state index is 9.84. The summed E-state index contributed by atoms with van der Waals surface area (Å²) in [6, 6.07) is 0. The van der Waals surface area contributed by atoms with Gasteiger partial charge in [0.1, 0.15) is 0 Å². The molecule has 0 atom stereocenters. The summed E-state index contributed by atoms with van der Waals surface area (Å²) in [6.07, 6.45) is 3.52. The SMILES string of the molecule is CCCN/C=C/C(=O)O. The second-order valence-electron chi connectivity index (χ2n) is 1.63. The van der Waals surface area contributed by atoms with Crippen molar-refractivity contribution >= 4 is 5.97 Å². The van der Waals surface area contributed by atoms with E-state index in [2.05, 4.69) is 5.32 Å². The summed E-state index contributed by atoms with van der Waals surface area (Å²) in [4.78, 5) is 9.84. The minimum Gasteiger partial charge on any atom is -0.478 e. The van der Waals surface area contributed by atoms with Gasteiger partial charge in [0.25, 0.3) is 0 Å². The van der Waals surface area contributed by atoms with Gasteiger partial charge in [0.05, 0.1) is 0 Å². The lowest BCUT2D eigenvalue weighted by molar-refractivity contribution is -0.131. The van der Waals surface area contributed by atoms with Crippen molar-refractivity contribution in [2.75, 3.05) is 6.54 Å². The van der Waals surface area contributed by atoms with Crippen LogP contribution in [-0.2, 0) is 4.79 Å². The molecule has 0 amide bonds. The highest BCUT2D eigenvalue weighted by Gasteiger charge is 1.81. The van der Waals surface area contributed by atoms with Crippen molar-refractivity contribution in [2.24, 2.45) is 0 Å². The van der Waals surface area contributed by atoms with Crippen molar-refractivity contribution < 1.29 is 9.90 Å². The van der Waals surface area contributed by atoms with Crippen molar-refractivity contribution in [3.8, 4) is 0 Å². The van der Waals surface area contributed by atoms with E-state index in [9.17, 15) is 4.79 Å². The number of carboxylic acid groups (broad SMARTS) is 1. The number of carboxylic acids is 1. The normalized spacial score (nSPS) is 9.89. The molecule has 0 aromatic heterocycles. The van der Waals surface area contributed by atoms with Gasteiger partial charge in [-0.1, -0.05) is 6.92 Å². The lowest BCUT2D eigenvalue weighted by atomic mass is 10.5. The molecule has 0 spiro atoms. The maximum atomic E-state index is 9.84. The summed E-state index contributed by atoms with van der Waals surface area (Å²) in [7, 11) is 0. The maximum Gasteiger partial charge on any atom is 0.329 e. The molecule has 9 heavy (non-hydrogen) atoms. The van der Waals surface area contributed by atoms with E-state index in [1.165, 1.54) is 6.20 Å². The highest BCUT2D eigenvalue weighted by atomic mass is 16.4. The molecule has 0 saturated heterocycles. The average molecular weight is 129 g/mol. The van der Waals surface area contributed by atoms with Crippen molar-refractivity contribution in [3.05, 3.63) is 12.3 Å². The van der Waals surface area contributed by atoms with Gasteiger partial charge in [-0.3, -0.25) is 0 Å². The van der Waals surface area contributed by atoms with Crippen LogP contribution in [0.4, 0.5) is 0 Å². The summed E-state index contributed by atoms with van der Waals surface area (Å²) in [5, 5.41) is 10.9. The number of hydrogen-bond acceptors (Lipinski definition) is 2. The molecule has 0 aromatic rings. The monoisotopic (exact) mass is 129 g/mol. The van der Waals surface area contributed by atoms with Gasteiger partial charge >= 0.3 is 5.97 Å². The summed E-state index contributed by atoms with van der Waals surface area (Å²) >= 11 is 0. The van der Waals surface area contributed by atoms with E-state index in [0.29, 0.717) is 0 Å². The van der Waals surface area contributed by atoms with E-state index in [-0.39, 0.29) is 0 Å². The van der Waals surface area contributed by atoms with Crippen molar-refractivity contribution in [1.82, 2.24) is 5.32 Å². The van der Waals surface area contributed by atoms with Gasteiger partial charge in [-0.15, -0.1) is 0 Å². The molecular weight excluding hydrogens is 118 g/mol. The minimum absolute atomic E-state index is 0.823. The first kappa shape index (κ1) is 8.01. The molecule has 0 fully saturated rings. The Hall–Kier alpha value is -0.990. The van der Waals surface area contributed by atoms with E-state index in [1.807, 2.05) is 6.92 Å². The predicted molar refractivity (Wildman–Crippen MR) is 35.1 cm³/mol. The molecule has 3 nitrogen and oxygen atoms in total. The molecule has 0 unspecified atom stereocenters. The third-order valence-electron chi connectivity index (χ3n) is 0.738. The van der Waals surface area contributed by atoms with Crippen LogP contribution < -0.4 is 5.32 Å². The Morgan fingerprint density at radius 2 is 2.44 bits per heavy atom. The lowest BCUT2D eigenvalue weighted by Crippen LogP contribution is -2.05. The van der Waals surface area contributed by atoms with Gasteiger partial charge in [0, 0.05) is 18.8 Å². The molecule has 0 aromatic carbocycles. The van der Waals surface area contributed by atoms with Gasteiger partial charge in [-0.05, 0) is 6.42 Å². The number of rotatable bonds is 4. The summed E-state index contributed by atoms with van der Waals surface area (Å²) in [6.45, 7) is 2.84. The fourth-order valence-corrected chi connectivity index (χ4v) is 0.358. The zero-order valence-electron chi connectivity index (χ0n) is 5.42. The van der Waals surface area contributed by atoms with Crippen LogP contribution in [0.15, 0.2) is 12.3 Å². The molecule has 0 heterocycles. The van der Waals surface area contributed by atoms with E-state index >= 15 is 0 Å². The molecule has 3 heteroatoms. The molecule has 0 aliphatic heterocycles. The van der Waals surface area contributed by atoms with Crippen LogP contribution in [0.3, 0.4) is 0 Å². The predicted octanol–water partition coefficient (Wildman–Crippen LogP) is 0.584. The van der Waals surface area contributed by atoms with Gasteiger partial charge in [0.2, 0.25) is 0 Å². The number of carbonyl (C=O) groups is 1. The van der Waals surface area contributed by atoms with Crippen LogP contribution in [0, 0.1) is 0 Å². The first-order valence-corrected chi connectivity index (χ1v) is 2.90. The highest BCUT2D eigenvalue weighted by Crippen LogP contribution is 1.71. The van der Waals surface area contributed by atoms with E-state index in [4.69, 9.17) is 5.11 Å². The molecule has 52 valence electrons. The Labute approximate surface area is 54.4 Å². The highest BCUT2D eigenvalue weighted by molar-refractivity contribution is 5.79. The zero-order chi connectivity index (χ0) is 7.11. The third-order valence-corrected chi connectivity index (χ3v) is 0.738. The lowest BCUT2D eigenvalue weighted by Gasteiger charge is -1.91. The molecule has 2 N–H and O–H groups in total. The van der Waals surface area contributed by atoms with Gasteiger partial charge in [0.15, 0.2) is 0 Å². The minimum atomic E-state index is -0.918. The largest absolute Gasteiger partial charge is 0.478 e. The first-order chi connectivity index (χ1) is 4.27. The summed E-state index contributed by atoms with van der Waals surface area (Å²) in [5.41, 5.74) is 0. The quantitative estimate of drug-likeness (QED) is 0.431. The van der Waals surface area contributed by atoms with Gasteiger partial charge in [-0.25, -0.2) is 4.79 Å². The smallest absolute Gasteiger partial charge is 0.329 e. The number of hydrogen-bond donors (Lipinski definition) is 2. The standard InChI is InChI=1S/C6H11NO2/c1-2-4-7-5-3-6(8)9/h3,5,7H,2,4H2,1H3,(H,8,9)/b5-3+. The fourth-order valence-electron chi connectivity index (χ4n) is 0.358. The van der Waals surface area contributed by atoms with E-state index in [1.54, 1.807) is 0 Å². The molecule has 0 bridgehead atoms. The second-order valence-corrected chi connectivity index (χ2v) is 1.63. The second kappa shape index (κ2) is 5.15. The van der Waals surface area contributed by atoms with E-state index in [0.717, 1.165) is 19.0 Å². The number of nitrogens with one attached hydrogen (secondary N) is 1. The molecule has 0 saturated carbocycles. The molecule has 0 aliphatic carbocycles. The Bertz CT molecular complexity index is 110. The van der Waals surface area contributed by atoms with Crippen LogP contribution >= 0.6 is 0 Å². The third kappa shape index (κ3) is 7.01. The summed E-state index contributed by atoms with van der Waals surface area (Å²) < 4.78 is 0. The Morgan fingerprint density at radius 3 is 2.89 bits per heavy atom. The average Bonchev–Trinajstić information content (AvgIpc) is 1.80. The summed E-state index contributed by atoms with van der Waals surface area (Å²) in [5.74, 6) is -0.918. The fraction of sp³-hybridized carbons (Fsp3) is 0.500. The molecular formula is C6H11NO2. The van der Waals surface area contributed by atoms with Crippen LogP contribution in [0.5, 0.6) is 0 Å². The van der Waals surface area contributed by atoms with Crippen molar-refractivity contribution in [3.63, 3.8) is 0 Å². The van der Waals surface area contributed by atoms with Gasteiger partial charge < -0.3 is 10.4 Å². The Morgan fingerprint density at radius 1 is 1.78 bits per heavy atom. The van der Waals surface area contributed by atoms with Crippen LogP contribution in [0.1, 0.15) is 13.3 Å². The van der Waals surface area contributed by atoms with Crippen molar-refractivity contribution in [2.45, 2.75) is 13.3 Å². The molecule has 0 rings (SSSR count). The van der Waals surface area contributed by atoms with Gasteiger partial charge in [-0.2, -0.15) is 0 Å². The molecule has 0 aliphatic rings. The van der Waals surface area contributed by atoms with E-state index < -0.39 is 5.97 Å². The van der Waals surface area contributed by atoms with Crippen LogP contribution in [-0.4, -0.2) is 17.6 Å². The topological polar surface area (TPSA) is 49.3 Å². The van der Waals surface area contributed by atoms with Crippen LogP contribution in [0.25, 0.3) is 0 Å². The number of aliphatic carboxylic acids is 1. The Balaban J connectivity index is 3.15. The van der Waals surface area contributed by atoms with Crippen molar-refractivity contribution in [1.29, 1.82) is 0 Å². The first-order valence-electron chi connectivity index (χ1n) is 2.90.